The van der Waals surface area contributed by atoms with Crippen molar-refractivity contribution in [3.63, 3.8) is 0 Å². The Morgan fingerprint density at radius 3 is 2.54 bits per heavy atom. The van der Waals surface area contributed by atoms with Gasteiger partial charge in [0.05, 0.1) is 18.4 Å². The maximum absolute atomic E-state index is 13.3. The van der Waals surface area contributed by atoms with Crippen LogP contribution >= 0.6 is 11.8 Å². The third-order valence-corrected chi connectivity index (χ3v) is 5.24. The Balaban J connectivity index is 1.61. The number of ether oxygens (including phenoxy) is 1. The molecular weight excluding hydrogens is 383 g/mol. The van der Waals surface area contributed by atoms with E-state index >= 15 is 0 Å². The van der Waals surface area contributed by atoms with Gasteiger partial charge in [-0.05, 0) is 37.1 Å². The highest BCUT2D eigenvalue weighted by atomic mass is 32.2. The minimum absolute atomic E-state index is 0.0796. The molecule has 0 spiro atoms. The molecule has 1 fully saturated rings. The Hall–Kier alpha value is -2.79. The molecule has 2 aromatic heterocycles. The minimum Gasteiger partial charge on any atom is -0.376 e. The van der Waals surface area contributed by atoms with E-state index in [0.29, 0.717) is 29.1 Å². The third-order valence-electron chi connectivity index (χ3n) is 4.28. The van der Waals surface area contributed by atoms with Crippen molar-refractivity contribution in [1.82, 2.24) is 29.7 Å². The molecule has 0 unspecified atom stereocenters. The first-order valence-electron chi connectivity index (χ1n) is 8.78. The number of anilines is 2. The van der Waals surface area contributed by atoms with Gasteiger partial charge in [0.15, 0.2) is 11.0 Å². The number of nitrogens with two attached hydrogens (primary N) is 2. The zero-order valence-corrected chi connectivity index (χ0v) is 15.8. The SMILES string of the molecule is Nc1nc(N)nc(CSc2nnc(-c3ccc(F)cc3)n2C[C@H]2CCCO2)n1. The number of thioether (sulfide) groups is 1. The second-order valence-electron chi connectivity index (χ2n) is 6.32. The van der Waals surface area contributed by atoms with Gasteiger partial charge in [0, 0.05) is 12.2 Å². The molecule has 1 saturated heterocycles. The van der Waals surface area contributed by atoms with Crippen LogP contribution in [0.1, 0.15) is 18.7 Å². The highest BCUT2D eigenvalue weighted by Gasteiger charge is 2.22. The van der Waals surface area contributed by atoms with Crippen LogP contribution in [-0.4, -0.2) is 42.4 Å². The fraction of sp³-hybridized carbons (Fsp3) is 0.353. The van der Waals surface area contributed by atoms with Gasteiger partial charge in [-0.2, -0.15) is 15.0 Å². The third kappa shape index (κ3) is 4.20. The number of nitrogens with zero attached hydrogens (tertiary/aromatic N) is 6. The lowest BCUT2D eigenvalue weighted by atomic mass is 10.2. The van der Waals surface area contributed by atoms with E-state index < -0.39 is 0 Å². The molecule has 3 aromatic rings. The average Bonchev–Trinajstić information content (AvgIpc) is 3.31. The summed E-state index contributed by atoms with van der Waals surface area (Å²) in [5, 5.41) is 9.31. The molecule has 146 valence electrons. The fourth-order valence-corrected chi connectivity index (χ4v) is 3.82. The lowest BCUT2D eigenvalue weighted by molar-refractivity contribution is 0.0953. The highest BCUT2D eigenvalue weighted by Crippen LogP contribution is 2.28. The second kappa shape index (κ2) is 8.07. The molecule has 4 N–H and O–H groups in total. The first-order chi connectivity index (χ1) is 13.6. The maximum atomic E-state index is 13.3. The zero-order chi connectivity index (χ0) is 19.5. The Bertz CT molecular complexity index is 938. The highest BCUT2D eigenvalue weighted by molar-refractivity contribution is 7.98. The van der Waals surface area contributed by atoms with Gasteiger partial charge in [0.2, 0.25) is 11.9 Å². The van der Waals surface area contributed by atoms with E-state index in [9.17, 15) is 4.39 Å². The van der Waals surface area contributed by atoms with Crippen LogP contribution in [0.25, 0.3) is 11.4 Å². The van der Waals surface area contributed by atoms with Gasteiger partial charge in [-0.3, -0.25) is 4.57 Å². The van der Waals surface area contributed by atoms with Gasteiger partial charge in [-0.25, -0.2) is 4.39 Å². The van der Waals surface area contributed by atoms with Crippen LogP contribution in [0.15, 0.2) is 29.4 Å². The van der Waals surface area contributed by atoms with Crippen molar-refractivity contribution in [3.8, 4) is 11.4 Å². The smallest absolute Gasteiger partial charge is 0.225 e. The molecule has 0 radical (unpaired) electrons. The summed E-state index contributed by atoms with van der Waals surface area (Å²) in [6.45, 7) is 1.37. The number of nitrogen functional groups attached to an aromatic ring is 2. The van der Waals surface area contributed by atoms with E-state index in [1.807, 2.05) is 4.57 Å². The molecule has 0 aliphatic carbocycles. The maximum Gasteiger partial charge on any atom is 0.225 e. The Labute approximate surface area is 164 Å². The van der Waals surface area contributed by atoms with Crippen LogP contribution in [0.2, 0.25) is 0 Å². The molecule has 9 nitrogen and oxygen atoms in total. The van der Waals surface area contributed by atoms with Crippen LogP contribution < -0.4 is 11.5 Å². The van der Waals surface area contributed by atoms with E-state index in [2.05, 4.69) is 25.1 Å². The summed E-state index contributed by atoms with van der Waals surface area (Å²) in [4.78, 5) is 11.9. The lowest BCUT2D eigenvalue weighted by Crippen LogP contribution is -2.16. The molecule has 0 amide bonds. The molecule has 1 aliphatic heterocycles. The van der Waals surface area contributed by atoms with Crippen molar-refractivity contribution in [2.75, 3.05) is 18.1 Å². The molecule has 0 saturated carbocycles. The molecule has 3 heterocycles. The van der Waals surface area contributed by atoms with Crippen molar-refractivity contribution >= 4 is 23.7 Å². The number of rotatable bonds is 6. The first kappa shape index (κ1) is 18.6. The van der Waals surface area contributed by atoms with Gasteiger partial charge < -0.3 is 16.2 Å². The molecule has 0 bridgehead atoms. The Kier molecular flexibility index (Phi) is 5.35. The summed E-state index contributed by atoms with van der Waals surface area (Å²) in [7, 11) is 0. The van der Waals surface area contributed by atoms with Gasteiger partial charge in [0.1, 0.15) is 11.6 Å². The number of aromatic nitrogens is 6. The van der Waals surface area contributed by atoms with Crippen LogP contribution in [0, 0.1) is 5.82 Å². The van der Waals surface area contributed by atoms with Crippen molar-refractivity contribution < 1.29 is 9.13 Å². The number of hydrogen-bond donors (Lipinski definition) is 2. The van der Waals surface area contributed by atoms with E-state index in [1.54, 1.807) is 12.1 Å². The van der Waals surface area contributed by atoms with Crippen molar-refractivity contribution in [2.24, 2.45) is 0 Å². The van der Waals surface area contributed by atoms with Gasteiger partial charge >= 0.3 is 0 Å². The van der Waals surface area contributed by atoms with E-state index in [1.165, 1.54) is 23.9 Å². The summed E-state index contributed by atoms with van der Waals surface area (Å²) in [5.41, 5.74) is 12.0. The Morgan fingerprint density at radius 1 is 1.11 bits per heavy atom. The molecule has 1 aliphatic rings. The summed E-state index contributed by atoms with van der Waals surface area (Å²) in [6.07, 6.45) is 2.11. The molecule has 4 rings (SSSR count). The van der Waals surface area contributed by atoms with Crippen molar-refractivity contribution in [1.29, 1.82) is 0 Å². The monoisotopic (exact) mass is 402 g/mol. The van der Waals surface area contributed by atoms with Gasteiger partial charge in [0.25, 0.3) is 0 Å². The minimum atomic E-state index is -0.298. The van der Waals surface area contributed by atoms with Crippen LogP contribution in [0.3, 0.4) is 0 Å². The summed E-state index contributed by atoms with van der Waals surface area (Å²) >= 11 is 1.42. The predicted octanol–water partition coefficient (Wildman–Crippen LogP) is 1.90. The standard InChI is InChI=1S/C17H19FN8OS/c18-11-5-3-10(4-6-11)14-24-25-17(26(14)8-12-2-1-7-27-12)28-9-13-21-15(19)23-16(20)22-13/h3-6,12H,1-2,7-9H2,(H4,19,20,21,22,23)/t12-/m1/s1. The number of benzene rings is 1. The van der Waals surface area contributed by atoms with E-state index in [4.69, 9.17) is 16.2 Å². The normalized spacial score (nSPS) is 16.5. The molecule has 28 heavy (non-hydrogen) atoms. The van der Waals surface area contributed by atoms with Crippen LogP contribution in [0.4, 0.5) is 16.3 Å². The number of halogens is 1. The van der Waals surface area contributed by atoms with E-state index in [-0.39, 0.29) is 23.8 Å². The molecule has 1 aromatic carbocycles. The lowest BCUT2D eigenvalue weighted by Gasteiger charge is -2.14. The topological polar surface area (TPSA) is 131 Å². The summed E-state index contributed by atoms with van der Waals surface area (Å²) in [5.74, 6) is 1.39. The fourth-order valence-electron chi connectivity index (χ4n) is 3.02. The largest absolute Gasteiger partial charge is 0.376 e. The quantitative estimate of drug-likeness (QED) is 0.593. The molecular formula is C17H19FN8OS. The molecule has 11 heteroatoms. The van der Waals surface area contributed by atoms with Crippen molar-refractivity contribution in [2.45, 2.75) is 36.4 Å². The first-order valence-corrected chi connectivity index (χ1v) is 9.76. The summed E-state index contributed by atoms with van der Waals surface area (Å²) in [6, 6.07) is 6.19. The second-order valence-corrected chi connectivity index (χ2v) is 7.26. The molecule has 1 atom stereocenters. The van der Waals surface area contributed by atoms with Crippen molar-refractivity contribution in [3.05, 3.63) is 35.9 Å². The summed E-state index contributed by atoms with van der Waals surface area (Å²) < 4.78 is 21.1. The van der Waals surface area contributed by atoms with E-state index in [0.717, 1.165) is 25.0 Å². The van der Waals surface area contributed by atoms with Crippen LogP contribution in [-0.2, 0) is 17.0 Å². The van der Waals surface area contributed by atoms with Gasteiger partial charge in [-0.15, -0.1) is 10.2 Å². The van der Waals surface area contributed by atoms with Crippen LogP contribution in [0.5, 0.6) is 0 Å². The zero-order valence-electron chi connectivity index (χ0n) is 15.0. The van der Waals surface area contributed by atoms with Gasteiger partial charge in [-0.1, -0.05) is 11.8 Å². The average molecular weight is 402 g/mol. The number of hydrogen-bond acceptors (Lipinski definition) is 9. The predicted molar refractivity (Wildman–Crippen MR) is 103 cm³/mol. The Morgan fingerprint density at radius 2 is 1.86 bits per heavy atom.